The van der Waals surface area contributed by atoms with E-state index in [0.717, 1.165) is 12.1 Å². The first-order chi connectivity index (χ1) is 13.3. The molecular weight excluding hydrogens is 375 g/mol. The van der Waals surface area contributed by atoms with Gasteiger partial charge < -0.3 is 19.9 Å². The van der Waals surface area contributed by atoms with Crippen molar-refractivity contribution in [3.05, 3.63) is 35.4 Å². The number of hydrogen-bond donors (Lipinski definition) is 1. The average molecular weight is 399 g/mol. The number of ether oxygens (including phenoxy) is 1. The van der Waals surface area contributed by atoms with Crippen LogP contribution in [0, 0.1) is 0 Å². The van der Waals surface area contributed by atoms with E-state index >= 15 is 0 Å². The minimum Gasteiger partial charge on any atom is -0.368 e. The largest absolute Gasteiger partial charge is 0.416 e. The SMILES string of the molecule is COC1(C(=O)N2CCN(C(=O)c3ccc(C(F)(F)F)cc3)CC2)CCNCC1. The Hall–Kier alpha value is -2.13. The second-order valence-corrected chi connectivity index (χ2v) is 7.11. The van der Waals surface area contributed by atoms with Gasteiger partial charge in [0.25, 0.3) is 11.8 Å². The van der Waals surface area contributed by atoms with E-state index in [1.54, 1.807) is 16.9 Å². The molecule has 0 atom stereocenters. The minimum absolute atomic E-state index is 0.0573. The number of hydrogen-bond acceptors (Lipinski definition) is 4. The number of nitrogens with one attached hydrogen (secondary N) is 1. The van der Waals surface area contributed by atoms with Gasteiger partial charge in [-0.15, -0.1) is 0 Å². The molecule has 2 aliphatic rings. The number of piperidine rings is 1. The van der Waals surface area contributed by atoms with Crippen LogP contribution in [0.15, 0.2) is 24.3 Å². The lowest BCUT2D eigenvalue weighted by Gasteiger charge is -2.42. The molecule has 0 aliphatic carbocycles. The molecule has 1 aromatic carbocycles. The lowest BCUT2D eigenvalue weighted by atomic mass is 9.90. The van der Waals surface area contributed by atoms with Crippen LogP contribution < -0.4 is 5.32 Å². The van der Waals surface area contributed by atoms with E-state index in [1.807, 2.05) is 0 Å². The summed E-state index contributed by atoms with van der Waals surface area (Å²) in [5.41, 5.74) is -1.39. The predicted molar refractivity (Wildman–Crippen MR) is 95.8 cm³/mol. The predicted octanol–water partition coefficient (Wildman–Crippen LogP) is 1.76. The molecule has 0 aromatic heterocycles. The summed E-state index contributed by atoms with van der Waals surface area (Å²) in [5, 5.41) is 3.21. The molecule has 1 N–H and O–H groups in total. The van der Waals surface area contributed by atoms with Crippen molar-refractivity contribution in [2.45, 2.75) is 24.6 Å². The molecule has 2 saturated heterocycles. The molecular formula is C19H24F3N3O3. The van der Waals surface area contributed by atoms with Crippen molar-refractivity contribution in [3.8, 4) is 0 Å². The number of alkyl halides is 3. The van der Waals surface area contributed by atoms with Crippen LogP contribution in [0.4, 0.5) is 13.2 Å². The zero-order chi connectivity index (χ0) is 20.4. The van der Waals surface area contributed by atoms with Gasteiger partial charge >= 0.3 is 6.18 Å². The van der Waals surface area contributed by atoms with Crippen molar-refractivity contribution in [1.29, 1.82) is 0 Å². The van der Waals surface area contributed by atoms with E-state index in [1.165, 1.54) is 12.1 Å². The summed E-state index contributed by atoms with van der Waals surface area (Å²) < 4.78 is 43.6. The fraction of sp³-hybridized carbons (Fsp3) is 0.579. The lowest BCUT2D eigenvalue weighted by Crippen LogP contribution is -2.59. The highest BCUT2D eigenvalue weighted by Crippen LogP contribution is 2.29. The summed E-state index contributed by atoms with van der Waals surface area (Å²) in [6, 6.07) is 4.20. The van der Waals surface area contributed by atoms with Gasteiger partial charge in [-0.2, -0.15) is 13.2 Å². The summed E-state index contributed by atoms with van der Waals surface area (Å²) in [6.07, 6.45) is -3.22. The first-order valence-corrected chi connectivity index (χ1v) is 9.29. The Labute approximate surface area is 161 Å². The lowest BCUT2D eigenvalue weighted by molar-refractivity contribution is -0.159. The first-order valence-electron chi connectivity index (χ1n) is 9.29. The van der Waals surface area contributed by atoms with Gasteiger partial charge in [-0.25, -0.2) is 0 Å². The third-order valence-electron chi connectivity index (χ3n) is 5.51. The maximum absolute atomic E-state index is 12.9. The molecule has 0 saturated carbocycles. The van der Waals surface area contributed by atoms with E-state index in [0.29, 0.717) is 52.1 Å². The molecule has 6 nitrogen and oxygen atoms in total. The fourth-order valence-corrected chi connectivity index (χ4v) is 3.72. The molecule has 1 aromatic rings. The zero-order valence-corrected chi connectivity index (χ0v) is 15.7. The van der Waals surface area contributed by atoms with Crippen molar-refractivity contribution in [2.75, 3.05) is 46.4 Å². The summed E-state index contributed by atoms with van der Waals surface area (Å²) in [7, 11) is 1.55. The smallest absolute Gasteiger partial charge is 0.368 e. The van der Waals surface area contributed by atoms with Crippen LogP contribution >= 0.6 is 0 Å². The van der Waals surface area contributed by atoms with Crippen LogP contribution in [0.25, 0.3) is 0 Å². The molecule has 2 fully saturated rings. The number of piperazine rings is 1. The molecule has 0 spiro atoms. The summed E-state index contributed by atoms with van der Waals surface area (Å²) >= 11 is 0. The highest BCUT2D eigenvalue weighted by atomic mass is 19.4. The van der Waals surface area contributed by atoms with Crippen LogP contribution in [-0.2, 0) is 15.7 Å². The van der Waals surface area contributed by atoms with Crippen molar-refractivity contribution < 1.29 is 27.5 Å². The van der Waals surface area contributed by atoms with Gasteiger partial charge in [0.2, 0.25) is 0 Å². The first kappa shape index (κ1) is 20.6. The molecule has 2 heterocycles. The molecule has 9 heteroatoms. The van der Waals surface area contributed by atoms with E-state index in [4.69, 9.17) is 4.74 Å². The van der Waals surface area contributed by atoms with E-state index < -0.39 is 17.3 Å². The number of rotatable bonds is 3. The second kappa shape index (κ2) is 8.08. The van der Waals surface area contributed by atoms with Gasteiger partial charge in [0.05, 0.1) is 5.56 Å². The number of benzene rings is 1. The van der Waals surface area contributed by atoms with Gasteiger partial charge in [0, 0.05) is 38.9 Å². The van der Waals surface area contributed by atoms with Gasteiger partial charge in [-0.05, 0) is 50.2 Å². The zero-order valence-electron chi connectivity index (χ0n) is 15.7. The number of halogens is 3. The van der Waals surface area contributed by atoms with Crippen LogP contribution in [-0.4, -0.2) is 73.6 Å². The fourth-order valence-electron chi connectivity index (χ4n) is 3.72. The normalized spacial score (nSPS) is 20.1. The van der Waals surface area contributed by atoms with Crippen molar-refractivity contribution >= 4 is 11.8 Å². The molecule has 3 rings (SSSR count). The van der Waals surface area contributed by atoms with Crippen LogP contribution in [0.1, 0.15) is 28.8 Å². The monoisotopic (exact) mass is 399 g/mol. The molecule has 28 heavy (non-hydrogen) atoms. The second-order valence-electron chi connectivity index (χ2n) is 7.11. The minimum atomic E-state index is -4.43. The molecule has 0 bridgehead atoms. The Morgan fingerprint density at radius 1 is 1.00 bits per heavy atom. The summed E-state index contributed by atoms with van der Waals surface area (Å²) in [6.45, 7) is 2.86. The Balaban J connectivity index is 1.60. The third-order valence-corrected chi connectivity index (χ3v) is 5.51. The molecule has 0 radical (unpaired) electrons. The van der Waals surface area contributed by atoms with Gasteiger partial charge in [-0.1, -0.05) is 0 Å². The van der Waals surface area contributed by atoms with E-state index in [2.05, 4.69) is 5.32 Å². The summed E-state index contributed by atoms with van der Waals surface area (Å²) in [4.78, 5) is 28.8. The number of carbonyl (C=O) groups excluding carboxylic acids is 2. The standard InChI is InChI=1S/C19H24F3N3O3/c1-28-18(6-8-23-9-7-18)17(27)25-12-10-24(11-13-25)16(26)14-2-4-15(5-3-14)19(20,21)22/h2-5,23H,6-13H2,1H3. The maximum Gasteiger partial charge on any atom is 0.416 e. The van der Waals surface area contributed by atoms with Crippen LogP contribution in [0.2, 0.25) is 0 Å². The van der Waals surface area contributed by atoms with Crippen LogP contribution in [0.5, 0.6) is 0 Å². The Morgan fingerprint density at radius 2 is 1.54 bits per heavy atom. The molecule has 2 amide bonds. The quantitative estimate of drug-likeness (QED) is 0.842. The number of nitrogens with zero attached hydrogens (tertiary/aromatic N) is 2. The number of amides is 2. The molecule has 0 unspecified atom stereocenters. The van der Waals surface area contributed by atoms with E-state index in [-0.39, 0.29) is 17.4 Å². The van der Waals surface area contributed by atoms with Crippen molar-refractivity contribution in [3.63, 3.8) is 0 Å². The van der Waals surface area contributed by atoms with Gasteiger partial charge in [0.15, 0.2) is 0 Å². The van der Waals surface area contributed by atoms with Crippen molar-refractivity contribution in [2.24, 2.45) is 0 Å². The number of carbonyl (C=O) groups is 2. The van der Waals surface area contributed by atoms with Gasteiger partial charge in [0.1, 0.15) is 5.60 Å². The van der Waals surface area contributed by atoms with Crippen LogP contribution in [0.3, 0.4) is 0 Å². The Kier molecular flexibility index (Phi) is 5.95. The van der Waals surface area contributed by atoms with Gasteiger partial charge in [-0.3, -0.25) is 9.59 Å². The van der Waals surface area contributed by atoms with E-state index in [9.17, 15) is 22.8 Å². The average Bonchev–Trinajstić information content (AvgIpc) is 2.73. The molecule has 2 aliphatic heterocycles. The summed E-state index contributed by atoms with van der Waals surface area (Å²) in [5.74, 6) is -0.387. The Morgan fingerprint density at radius 3 is 2.04 bits per heavy atom. The Bertz CT molecular complexity index is 707. The highest BCUT2D eigenvalue weighted by Gasteiger charge is 2.43. The maximum atomic E-state index is 12.9. The number of methoxy groups -OCH3 is 1. The molecule has 154 valence electrons. The topological polar surface area (TPSA) is 61.9 Å². The highest BCUT2D eigenvalue weighted by molar-refractivity contribution is 5.94. The van der Waals surface area contributed by atoms with Crippen molar-refractivity contribution in [1.82, 2.24) is 15.1 Å². The third kappa shape index (κ3) is 4.15.